The quantitative estimate of drug-likeness (QED) is 0.677. The molecule has 1 aromatic rings. The largest absolute Gasteiger partial charge is 0.289 e. The molecule has 1 aliphatic heterocycles. The number of fused-ring (bicyclic) bond motifs is 1. The van der Waals surface area contributed by atoms with Gasteiger partial charge >= 0.3 is 0 Å². The highest BCUT2D eigenvalue weighted by atomic mass is 35.5. The van der Waals surface area contributed by atoms with Crippen molar-refractivity contribution in [3.63, 3.8) is 0 Å². The summed E-state index contributed by atoms with van der Waals surface area (Å²) in [7, 11) is 0. The minimum Gasteiger partial charge on any atom is -0.289 e. The molecule has 1 aliphatic carbocycles. The normalized spacial score (nSPS) is 28.6. The van der Waals surface area contributed by atoms with Crippen LogP contribution >= 0.6 is 23.2 Å². The van der Waals surface area contributed by atoms with Crippen LogP contribution in [0.4, 0.5) is 0 Å². The van der Waals surface area contributed by atoms with E-state index in [0.717, 1.165) is 18.0 Å². The second-order valence-electron chi connectivity index (χ2n) is 3.83. The lowest BCUT2D eigenvalue weighted by Crippen LogP contribution is -2.01. The summed E-state index contributed by atoms with van der Waals surface area (Å²) in [6, 6.07) is 3.68. The summed E-state index contributed by atoms with van der Waals surface area (Å²) in [5, 5.41) is 0.888. The third-order valence-electron chi connectivity index (χ3n) is 2.83. The Kier molecular flexibility index (Phi) is 1.83. The predicted octanol–water partition coefficient (Wildman–Crippen LogP) is 2.83. The summed E-state index contributed by atoms with van der Waals surface area (Å²) in [6.45, 7) is 0.970. The fourth-order valence-electron chi connectivity index (χ4n) is 2.04. The van der Waals surface area contributed by atoms with Gasteiger partial charge in [-0.25, -0.2) is 4.98 Å². The van der Waals surface area contributed by atoms with Crippen molar-refractivity contribution in [1.29, 1.82) is 0 Å². The van der Waals surface area contributed by atoms with E-state index < -0.39 is 0 Å². The Morgan fingerprint density at radius 3 is 2.43 bits per heavy atom. The summed E-state index contributed by atoms with van der Waals surface area (Å²) in [5.41, 5.74) is 2.21. The zero-order chi connectivity index (χ0) is 9.71. The summed E-state index contributed by atoms with van der Waals surface area (Å²) in [5.74, 6) is 1.44. The zero-order valence-corrected chi connectivity index (χ0v) is 8.89. The number of pyridine rings is 1. The van der Waals surface area contributed by atoms with E-state index in [1.54, 1.807) is 0 Å². The van der Waals surface area contributed by atoms with Crippen LogP contribution in [0.1, 0.15) is 12.0 Å². The number of hydrogen-bond donors (Lipinski definition) is 0. The van der Waals surface area contributed by atoms with Crippen LogP contribution in [0.15, 0.2) is 17.1 Å². The van der Waals surface area contributed by atoms with E-state index in [9.17, 15) is 0 Å². The Hall–Kier alpha value is -0.600. The Morgan fingerprint density at radius 2 is 1.93 bits per heavy atom. The highest BCUT2D eigenvalue weighted by Crippen LogP contribution is 2.46. The highest BCUT2D eigenvalue weighted by Gasteiger charge is 2.45. The molecule has 0 radical (unpaired) electrons. The van der Waals surface area contributed by atoms with Gasteiger partial charge in [0.15, 0.2) is 0 Å². The third-order valence-corrected chi connectivity index (χ3v) is 3.22. The second kappa shape index (κ2) is 2.94. The molecule has 1 aromatic heterocycles. The Bertz CT molecular complexity index is 408. The van der Waals surface area contributed by atoms with Gasteiger partial charge in [-0.05, 0) is 24.5 Å². The summed E-state index contributed by atoms with van der Waals surface area (Å²) < 4.78 is 0. The first-order valence-electron chi connectivity index (χ1n) is 4.62. The van der Waals surface area contributed by atoms with E-state index in [1.807, 2.05) is 12.1 Å². The van der Waals surface area contributed by atoms with Crippen molar-refractivity contribution in [2.45, 2.75) is 6.42 Å². The molecule has 0 aromatic carbocycles. The van der Waals surface area contributed by atoms with Crippen molar-refractivity contribution in [2.75, 3.05) is 6.54 Å². The Labute approximate surface area is 92.0 Å². The van der Waals surface area contributed by atoms with Gasteiger partial charge in [-0.2, -0.15) is 0 Å². The molecule has 72 valence electrons. The minimum atomic E-state index is 0.444. The van der Waals surface area contributed by atoms with Crippen molar-refractivity contribution in [2.24, 2.45) is 16.8 Å². The molecular formula is C10H8Cl2N2. The summed E-state index contributed by atoms with van der Waals surface area (Å²) in [6.07, 6.45) is 1.27. The van der Waals surface area contributed by atoms with Crippen molar-refractivity contribution in [3.8, 4) is 0 Å². The standard InChI is InChI=1S/C10H8Cl2N2/c11-8-2-5(3-9(12)14-8)10-7-1-6(7)4-13-10/h2-3,6-7H,1,4H2. The van der Waals surface area contributed by atoms with Crippen molar-refractivity contribution < 1.29 is 0 Å². The van der Waals surface area contributed by atoms with Gasteiger partial charge in [-0.1, -0.05) is 23.2 Å². The monoisotopic (exact) mass is 226 g/mol. The van der Waals surface area contributed by atoms with E-state index >= 15 is 0 Å². The number of aliphatic imine (C=N–C) groups is 1. The summed E-state index contributed by atoms with van der Waals surface area (Å²) >= 11 is 11.7. The van der Waals surface area contributed by atoms with Gasteiger partial charge in [0.05, 0.1) is 0 Å². The SMILES string of the molecule is Clc1cc(C2=NCC3CC23)cc(Cl)n1. The maximum Gasteiger partial charge on any atom is 0.131 e. The Morgan fingerprint density at radius 1 is 1.21 bits per heavy atom. The van der Waals surface area contributed by atoms with Gasteiger partial charge in [-0.3, -0.25) is 4.99 Å². The maximum atomic E-state index is 5.84. The molecule has 0 N–H and O–H groups in total. The molecule has 4 heteroatoms. The number of halogens is 2. The zero-order valence-electron chi connectivity index (χ0n) is 7.37. The molecular weight excluding hydrogens is 219 g/mol. The third kappa shape index (κ3) is 1.33. The van der Waals surface area contributed by atoms with E-state index in [1.165, 1.54) is 12.1 Å². The van der Waals surface area contributed by atoms with Crippen LogP contribution in [0, 0.1) is 11.8 Å². The van der Waals surface area contributed by atoms with Crippen LogP contribution in [0.25, 0.3) is 0 Å². The van der Waals surface area contributed by atoms with Gasteiger partial charge in [0, 0.05) is 23.7 Å². The number of rotatable bonds is 1. The molecule has 3 rings (SSSR count). The van der Waals surface area contributed by atoms with Crippen LogP contribution in [-0.2, 0) is 0 Å². The average molecular weight is 227 g/mol. The van der Waals surface area contributed by atoms with Crippen molar-refractivity contribution in [3.05, 3.63) is 28.0 Å². The molecule has 1 saturated carbocycles. The smallest absolute Gasteiger partial charge is 0.131 e. The molecule has 2 nitrogen and oxygen atoms in total. The highest BCUT2D eigenvalue weighted by molar-refractivity contribution is 6.33. The van der Waals surface area contributed by atoms with Crippen LogP contribution in [0.2, 0.25) is 10.3 Å². The van der Waals surface area contributed by atoms with Crippen LogP contribution in [0.3, 0.4) is 0 Å². The molecule has 2 heterocycles. The molecule has 0 saturated heterocycles. The fourth-order valence-corrected chi connectivity index (χ4v) is 2.50. The van der Waals surface area contributed by atoms with Crippen molar-refractivity contribution in [1.82, 2.24) is 4.98 Å². The molecule has 0 bridgehead atoms. The van der Waals surface area contributed by atoms with Gasteiger partial charge < -0.3 is 0 Å². The number of nitrogens with zero attached hydrogens (tertiary/aromatic N) is 2. The topological polar surface area (TPSA) is 25.2 Å². The maximum absolute atomic E-state index is 5.84. The minimum absolute atomic E-state index is 0.444. The van der Waals surface area contributed by atoms with E-state index in [4.69, 9.17) is 23.2 Å². The van der Waals surface area contributed by atoms with Gasteiger partial charge in [-0.15, -0.1) is 0 Å². The summed E-state index contributed by atoms with van der Waals surface area (Å²) in [4.78, 5) is 8.41. The molecule has 2 atom stereocenters. The lowest BCUT2D eigenvalue weighted by Gasteiger charge is -2.03. The molecule has 2 aliphatic rings. The van der Waals surface area contributed by atoms with Crippen LogP contribution < -0.4 is 0 Å². The lowest BCUT2D eigenvalue weighted by molar-refractivity contribution is 0.864. The molecule has 14 heavy (non-hydrogen) atoms. The first kappa shape index (κ1) is 8.69. The van der Waals surface area contributed by atoms with E-state index in [-0.39, 0.29) is 0 Å². The van der Waals surface area contributed by atoms with Crippen LogP contribution in [0.5, 0.6) is 0 Å². The number of hydrogen-bond acceptors (Lipinski definition) is 2. The predicted molar refractivity (Wildman–Crippen MR) is 57.3 cm³/mol. The fraction of sp³-hybridized carbons (Fsp3) is 0.400. The first-order valence-corrected chi connectivity index (χ1v) is 5.37. The van der Waals surface area contributed by atoms with E-state index in [2.05, 4.69) is 9.98 Å². The molecule has 1 fully saturated rings. The van der Waals surface area contributed by atoms with Gasteiger partial charge in [0.25, 0.3) is 0 Å². The van der Waals surface area contributed by atoms with Crippen molar-refractivity contribution >= 4 is 28.9 Å². The van der Waals surface area contributed by atoms with E-state index in [0.29, 0.717) is 16.2 Å². The molecule has 0 amide bonds. The average Bonchev–Trinajstić information content (AvgIpc) is 2.76. The number of aromatic nitrogens is 1. The van der Waals surface area contributed by atoms with Gasteiger partial charge in [0.1, 0.15) is 10.3 Å². The first-order chi connectivity index (χ1) is 6.74. The lowest BCUT2D eigenvalue weighted by atomic mass is 10.1. The molecule has 0 spiro atoms. The van der Waals surface area contributed by atoms with Gasteiger partial charge in [0.2, 0.25) is 0 Å². The van der Waals surface area contributed by atoms with Crippen LogP contribution in [-0.4, -0.2) is 17.2 Å². The molecule has 2 unspecified atom stereocenters. The second-order valence-corrected chi connectivity index (χ2v) is 4.60. The Balaban J connectivity index is 2.03.